The van der Waals surface area contributed by atoms with E-state index in [0.717, 1.165) is 22.1 Å². The minimum Gasteiger partial charge on any atom is 0 e. The van der Waals surface area contributed by atoms with Crippen LogP contribution in [0.5, 0.6) is 5.75 Å². The summed E-state index contributed by atoms with van der Waals surface area (Å²) in [6.45, 7) is 9.00. The molecule has 0 aliphatic heterocycles. The third kappa shape index (κ3) is 6.52. The van der Waals surface area contributed by atoms with Crippen molar-refractivity contribution in [2.45, 2.75) is 0 Å². The predicted molar refractivity (Wildman–Crippen MR) is 99.3 cm³/mol. The van der Waals surface area contributed by atoms with E-state index in [1.807, 2.05) is 73.6 Å². The molecule has 0 unspecified atom stereocenters. The summed E-state index contributed by atoms with van der Waals surface area (Å²) in [5.74, 6) is -0.00707. The molecule has 5 nitrogen and oxygen atoms in total. The van der Waals surface area contributed by atoms with E-state index in [0.29, 0.717) is 5.56 Å². The van der Waals surface area contributed by atoms with E-state index in [2.05, 4.69) is 18.3 Å². The van der Waals surface area contributed by atoms with Crippen LogP contribution in [0.15, 0.2) is 65.7 Å². The van der Waals surface area contributed by atoms with Crippen molar-refractivity contribution in [3.63, 3.8) is 0 Å². The van der Waals surface area contributed by atoms with E-state index in [-0.39, 0.29) is 25.9 Å². The van der Waals surface area contributed by atoms with Crippen LogP contribution in [-0.2, 0) is 29.4 Å². The zero-order valence-electron chi connectivity index (χ0n) is 14.8. The molecule has 0 atom stereocenters. The quantitative estimate of drug-likeness (QED) is 0.291. The van der Waals surface area contributed by atoms with E-state index in [1.54, 1.807) is 12.3 Å². The Bertz CT molecular complexity index is 911. The smallest absolute Gasteiger partial charge is 0 e. The zero-order valence-corrected chi connectivity index (χ0v) is 17.2. The Balaban J connectivity index is 0.00000127. The maximum Gasteiger partial charge on any atom is 0 e. The van der Waals surface area contributed by atoms with Crippen LogP contribution in [0.2, 0.25) is 0 Å². The van der Waals surface area contributed by atoms with Crippen molar-refractivity contribution in [2.24, 2.45) is 4.99 Å². The predicted octanol–water partition coefficient (Wildman–Crippen LogP) is 3.65. The van der Waals surface area contributed by atoms with Crippen LogP contribution < -0.4 is 10.0 Å². The summed E-state index contributed by atoms with van der Waals surface area (Å²) in [5.41, 5.74) is 2.58. The van der Waals surface area contributed by atoms with Crippen LogP contribution in [-0.4, -0.2) is 20.3 Å². The number of rotatable bonds is 3. The molecule has 0 amide bonds. The second kappa shape index (κ2) is 12.6. The average Bonchev–Trinajstić information content (AvgIpc) is 2.70. The Kier molecular flexibility index (Phi) is 11.4. The number of nitrogens with zero attached hydrogens (tertiary/aromatic N) is 2. The fourth-order valence-corrected chi connectivity index (χ4v) is 2.38. The van der Waals surface area contributed by atoms with Gasteiger partial charge in [-0.2, -0.15) is 0 Å². The van der Waals surface area contributed by atoms with Gasteiger partial charge in [0.1, 0.15) is 0 Å². The van der Waals surface area contributed by atoms with Gasteiger partial charge in [-0.15, -0.1) is 0 Å². The maximum atomic E-state index is 12.1. The van der Waals surface area contributed by atoms with Gasteiger partial charge < -0.3 is 10.0 Å². The third-order valence-electron chi connectivity index (χ3n) is 3.64. The second-order valence-corrected chi connectivity index (χ2v) is 5.37. The molecule has 0 saturated carbocycles. The SMILES string of the molecule is CN(C)c1ccc(N=Cc2c([O-])ccc3ccccc23)cc1.[C-]#[O+].[C-]#[O+].[Ir]. The monoisotopic (exact) mass is 538 g/mol. The molecule has 0 aromatic heterocycles. The minimum absolute atomic E-state index is 0. The number of hydrogen-bond donors (Lipinski definition) is 0. The van der Waals surface area contributed by atoms with Gasteiger partial charge in [0.25, 0.3) is 0 Å². The van der Waals surface area contributed by atoms with E-state index >= 15 is 0 Å². The Morgan fingerprint density at radius 2 is 1.48 bits per heavy atom. The maximum absolute atomic E-state index is 12.1. The van der Waals surface area contributed by atoms with Gasteiger partial charge in [0.05, 0.1) is 5.69 Å². The molecule has 0 aliphatic carbocycles. The van der Waals surface area contributed by atoms with Crippen molar-refractivity contribution < 1.29 is 34.5 Å². The number of aliphatic imine (C=N–C) groups is 1. The van der Waals surface area contributed by atoms with Gasteiger partial charge in [-0.3, -0.25) is 4.99 Å². The standard InChI is InChI=1S/C19H18N2O.2CO.Ir/c1-21(2)16-10-8-15(9-11-16)20-13-18-17-6-4-3-5-14(17)7-12-19(18)22;2*1-2;/h3-13,22H,1-2H3;;;/p-1. The van der Waals surface area contributed by atoms with Gasteiger partial charge in [-0.25, -0.2) is 0 Å². The van der Waals surface area contributed by atoms with Crippen LogP contribution in [0, 0.1) is 13.3 Å². The number of benzene rings is 3. The second-order valence-electron chi connectivity index (χ2n) is 5.37. The van der Waals surface area contributed by atoms with Crippen molar-refractivity contribution >= 4 is 28.4 Å². The van der Waals surface area contributed by atoms with Gasteiger partial charge >= 0.3 is 22.6 Å². The van der Waals surface area contributed by atoms with E-state index in [9.17, 15) is 5.11 Å². The normalized spacial score (nSPS) is 9.26. The largest absolute Gasteiger partial charge is 0 e. The molecule has 0 fully saturated rings. The van der Waals surface area contributed by atoms with Crippen LogP contribution in [0.3, 0.4) is 0 Å². The summed E-state index contributed by atoms with van der Waals surface area (Å²) < 4.78 is 15.0. The molecular formula is C21H17IrN2O3-. The van der Waals surface area contributed by atoms with E-state index in [4.69, 9.17) is 9.30 Å². The molecule has 0 aliphatic rings. The van der Waals surface area contributed by atoms with Crippen molar-refractivity contribution in [1.29, 1.82) is 0 Å². The van der Waals surface area contributed by atoms with Crippen LogP contribution in [0.25, 0.3) is 10.8 Å². The topological polar surface area (TPSA) is 78.5 Å². The Labute approximate surface area is 172 Å². The zero-order chi connectivity index (χ0) is 19.5. The summed E-state index contributed by atoms with van der Waals surface area (Å²) >= 11 is 0. The molecule has 3 rings (SSSR count). The molecule has 1 radical (unpaired) electrons. The number of fused-ring (bicyclic) bond motifs is 1. The van der Waals surface area contributed by atoms with Gasteiger partial charge in [0, 0.05) is 46.1 Å². The fourth-order valence-electron chi connectivity index (χ4n) is 2.38. The van der Waals surface area contributed by atoms with Crippen molar-refractivity contribution in [3.05, 3.63) is 79.5 Å². The third-order valence-corrected chi connectivity index (χ3v) is 3.64. The summed E-state index contributed by atoms with van der Waals surface area (Å²) in [6.07, 6.45) is 1.66. The van der Waals surface area contributed by atoms with Crippen LogP contribution in [0.4, 0.5) is 11.4 Å². The van der Waals surface area contributed by atoms with E-state index in [1.165, 1.54) is 0 Å². The molecule has 27 heavy (non-hydrogen) atoms. The molecule has 0 N–H and O–H groups in total. The van der Waals surface area contributed by atoms with Gasteiger partial charge in [0.2, 0.25) is 0 Å². The number of hydrogen-bond acceptors (Lipinski definition) is 3. The van der Waals surface area contributed by atoms with Crippen molar-refractivity contribution in [1.82, 2.24) is 0 Å². The van der Waals surface area contributed by atoms with Crippen LogP contribution >= 0.6 is 0 Å². The first-order valence-corrected chi connectivity index (χ1v) is 7.56. The molecule has 0 spiro atoms. The molecule has 0 bridgehead atoms. The van der Waals surface area contributed by atoms with Crippen LogP contribution in [0.1, 0.15) is 5.56 Å². The first-order chi connectivity index (χ1) is 12.6. The molecular weight excluding hydrogens is 520 g/mol. The Morgan fingerprint density at radius 1 is 0.889 bits per heavy atom. The van der Waals surface area contributed by atoms with E-state index < -0.39 is 0 Å². The molecule has 3 aromatic carbocycles. The molecule has 3 aromatic rings. The Hall–Kier alpha value is -2.68. The summed E-state index contributed by atoms with van der Waals surface area (Å²) in [7, 11) is 4.00. The van der Waals surface area contributed by atoms with Crippen molar-refractivity contribution in [2.75, 3.05) is 19.0 Å². The first-order valence-electron chi connectivity index (χ1n) is 7.56. The van der Waals surface area contributed by atoms with Crippen molar-refractivity contribution in [3.8, 4) is 5.75 Å². The molecule has 139 valence electrons. The Morgan fingerprint density at radius 3 is 2.07 bits per heavy atom. The summed E-state index contributed by atoms with van der Waals surface area (Å²) in [6, 6.07) is 19.2. The molecule has 0 saturated heterocycles. The molecule has 6 heteroatoms. The minimum atomic E-state index is -0.00707. The summed E-state index contributed by atoms with van der Waals surface area (Å²) in [5, 5.41) is 14.1. The fraction of sp³-hybridized carbons (Fsp3) is 0.0952. The molecule has 0 heterocycles. The number of anilines is 1. The summed E-state index contributed by atoms with van der Waals surface area (Å²) in [4.78, 5) is 6.48. The van der Waals surface area contributed by atoms with Gasteiger partial charge in [-0.05, 0) is 40.6 Å². The van der Waals surface area contributed by atoms with Gasteiger partial charge in [0.15, 0.2) is 0 Å². The van der Waals surface area contributed by atoms with Gasteiger partial charge in [-0.1, -0.05) is 42.1 Å². The first kappa shape index (κ1) is 24.3. The average molecular weight is 538 g/mol.